The highest BCUT2D eigenvalue weighted by molar-refractivity contribution is 8.01. The number of likely N-dealkylation sites (N-methyl/N-ethyl adjacent to an activating group) is 1. The first-order valence-electron chi connectivity index (χ1n) is 10.5. The van der Waals surface area contributed by atoms with Crippen LogP contribution in [-0.2, 0) is 17.6 Å². The van der Waals surface area contributed by atoms with Gasteiger partial charge in [0.05, 0.1) is 0 Å². The first-order chi connectivity index (χ1) is 14.6. The maximum Gasteiger partial charge on any atom is 0.322 e. The van der Waals surface area contributed by atoms with Crippen molar-refractivity contribution in [2.24, 2.45) is 0 Å². The Labute approximate surface area is 187 Å². The number of carboxylic acid groups (broad SMARTS) is 1. The van der Waals surface area contributed by atoms with Gasteiger partial charge < -0.3 is 20.4 Å². The molecule has 0 spiro atoms. The summed E-state index contributed by atoms with van der Waals surface area (Å²) in [5, 5.41) is 21.8. The van der Waals surface area contributed by atoms with Crippen molar-refractivity contribution in [2.45, 2.75) is 62.6 Å². The van der Waals surface area contributed by atoms with E-state index in [1.54, 1.807) is 38.1 Å². The third-order valence-electron chi connectivity index (χ3n) is 5.74. The SMILES string of the molecule is CCN(C(=O)Nc1ccc(O)cc1)C1CCc2cc(SC(C)(C)C(=O)O)c(C)cc2C1. The van der Waals surface area contributed by atoms with E-state index in [1.807, 2.05) is 18.7 Å². The van der Waals surface area contributed by atoms with Crippen LogP contribution in [0.2, 0.25) is 0 Å². The van der Waals surface area contributed by atoms with Gasteiger partial charge in [-0.2, -0.15) is 0 Å². The number of carbonyl (C=O) groups excluding carboxylic acids is 1. The molecule has 3 N–H and O–H groups in total. The molecule has 2 aromatic rings. The Morgan fingerprint density at radius 2 is 1.87 bits per heavy atom. The van der Waals surface area contributed by atoms with E-state index in [1.165, 1.54) is 22.9 Å². The van der Waals surface area contributed by atoms with E-state index < -0.39 is 10.7 Å². The molecule has 1 aliphatic rings. The largest absolute Gasteiger partial charge is 0.508 e. The summed E-state index contributed by atoms with van der Waals surface area (Å²) in [7, 11) is 0. The molecule has 2 amide bonds. The number of hydrogen-bond acceptors (Lipinski definition) is 4. The van der Waals surface area contributed by atoms with Crippen LogP contribution in [0.15, 0.2) is 41.3 Å². The van der Waals surface area contributed by atoms with Crippen molar-refractivity contribution in [1.29, 1.82) is 0 Å². The van der Waals surface area contributed by atoms with Gasteiger partial charge in [0, 0.05) is 23.2 Å². The van der Waals surface area contributed by atoms with Gasteiger partial charge in [0.1, 0.15) is 10.5 Å². The Hall–Kier alpha value is -2.67. The molecule has 6 nitrogen and oxygen atoms in total. The van der Waals surface area contributed by atoms with E-state index in [0.29, 0.717) is 12.2 Å². The summed E-state index contributed by atoms with van der Waals surface area (Å²) >= 11 is 1.38. The fourth-order valence-electron chi connectivity index (χ4n) is 3.89. The molecular weight excluding hydrogens is 412 g/mol. The number of hydrogen-bond donors (Lipinski definition) is 3. The molecule has 2 aromatic carbocycles. The lowest BCUT2D eigenvalue weighted by Crippen LogP contribution is -2.45. The number of amides is 2. The Balaban J connectivity index is 1.74. The van der Waals surface area contributed by atoms with Gasteiger partial charge in [-0.1, -0.05) is 6.07 Å². The lowest BCUT2D eigenvalue weighted by atomic mass is 9.86. The molecule has 0 aliphatic heterocycles. The van der Waals surface area contributed by atoms with E-state index in [-0.39, 0.29) is 17.8 Å². The number of nitrogens with zero attached hydrogens (tertiary/aromatic N) is 1. The average molecular weight is 443 g/mol. The summed E-state index contributed by atoms with van der Waals surface area (Å²) in [6, 6.07) is 10.7. The fourth-order valence-corrected chi connectivity index (χ4v) is 4.95. The lowest BCUT2D eigenvalue weighted by molar-refractivity contribution is -0.138. The zero-order valence-corrected chi connectivity index (χ0v) is 19.3. The van der Waals surface area contributed by atoms with Gasteiger partial charge in [-0.05, 0) is 94.0 Å². The predicted octanol–water partition coefficient (Wildman–Crippen LogP) is 5.07. The first kappa shape index (κ1) is 23.0. The smallest absolute Gasteiger partial charge is 0.322 e. The van der Waals surface area contributed by atoms with Crippen LogP contribution in [-0.4, -0.2) is 44.4 Å². The number of aromatic hydroxyl groups is 1. The van der Waals surface area contributed by atoms with Crippen LogP contribution in [0.4, 0.5) is 10.5 Å². The Kier molecular flexibility index (Phi) is 6.84. The molecule has 31 heavy (non-hydrogen) atoms. The number of phenolic OH excluding ortho intramolecular Hbond substituents is 1. The number of urea groups is 1. The molecule has 0 bridgehead atoms. The maximum atomic E-state index is 12.9. The number of anilines is 1. The van der Waals surface area contributed by atoms with Gasteiger partial charge >= 0.3 is 12.0 Å². The van der Waals surface area contributed by atoms with Crippen LogP contribution in [0.3, 0.4) is 0 Å². The van der Waals surface area contributed by atoms with E-state index in [2.05, 4.69) is 17.4 Å². The number of aliphatic carboxylic acids is 1. The molecule has 1 aliphatic carbocycles. The van der Waals surface area contributed by atoms with Crippen LogP contribution in [0.25, 0.3) is 0 Å². The molecule has 0 aromatic heterocycles. The van der Waals surface area contributed by atoms with Crippen molar-refractivity contribution >= 4 is 29.4 Å². The molecule has 0 saturated heterocycles. The topological polar surface area (TPSA) is 89.9 Å². The van der Waals surface area contributed by atoms with Crippen LogP contribution in [0.5, 0.6) is 5.75 Å². The third kappa shape index (κ3) is 5.34. The second-order valence-corrected chi connectivity index (χ2v) is 10.1. The number of nitrogens with one attached hydrogen (secondary N) is 1. The Bertz CT molecular complexity index is 972. The lowest BCUT2D eigenvalue weighted by Gasteiger charge is -2.35. The summed E-state index contributed by atoms with van der Waals surface area (Å²) < 4.78 is -0.887. The molecule has 1 unspecified atom stereocenters. The molecule has 3 rings (SSSR count). The standard InChI is InChI=1S/C24H30N2O4S/c1-5-26(23(30)25-18-7-10-20(27)11-8-18)19-9-6-16-14-21(15(2)12-17(16)13-19)31-24(3,4)22(28)29/h7-8,10-12,14,19,27H,5-6,9,13H2,1-4H3,(H,25,30)(H,28,29). The normalized spacial score (nSPS) is 15.8. The van der Waals surface area contributed by atoms with Gasteiger partial charge in [0.25, 0.3) is 0 Å². The molecule has 0 radical (unpaired) electrons. The monoisotopic (exact) mass is 442 g/mol. The van der Waals surface area contributed by atoms with Crippen molar-refractivity contribution in [3.8, 4) is 5.75 Å². The molecule has 7 heteroatoms. The number of aryl methyl sites for hydroxylation is 2. The molecule has 0 fully saturated rings. The number of rotatable bonds is 6. The number of carbonyl (C=O) groups is 2. The van der Waals surface area contributed by atoms with Gasteiger partial charge in [0.2, 0.25) is 0 Å². The van der Waals surface area contributed by atoms with Crippen molar-refractivity contribution in [3.63, 3.8) is 0 Å². The second-order valence-electron chi connectivity index (χ2n) is 8.46. The number of carboxylic acids is 1. The number of phenols is 1. The highest BCUT2D eigenvalue weighted by atomic mass is 32.2. The van der Waals surface area contributed by atoms with Crippen LogP contribution in [0.1, 0.15) is 43.9 Å². The van der Waals surface area contributed by atoms with Crippen molar-refractivity contribution in [2.75, 3.05) is 11.9 Å². The molecule has 166 valence electrons. The van der Waals surface area contributed by atoms with Gasteiger partial charge in [0.15, 0.2) is 0 Å². The van der Waals surface area contributed by atoms with Crippen LogP contribution >= 0.6 is 11.8 Å². The summed E-state index contributed by atoms with van der Waals surface area (Å²) in [5.74, 6) is -0.665. The van der Waals surface area contributed by atoms with Gasteiger partial charge in [-0.3, -0.25) is 4.79 Å². The Morgan fingerprint density at radius 3 is 2.48 bits per heavy atom. The van der Waals surface area contributed by atoms with Crippen molar-refractivity contribution in [1.82, 2.24) is 4.90 Å². The van der Waals surface area contributed by atoms with E-state index in [0.717, 1.165) is 29.7 Å². The number of thioether (sulfide) groups is 1. The highest BCUT2D eigenvalue weighted by Gasteiger charge is 2.31. The van der Waals surface area contributed by atoms with E-state index >= 15 is 0 Å². The van der Waals surface area contributed by atoms with Crippen LogP contribution < -0.4 is 5.32 Å². The molecule has 0 heterocycles. The number of fused-ring (bicyclic) bond motifs is 1. The quantitative estimate of drug-likeness (QED) is 0.429. The fraction of sp³-hybridized carbons (Fsp3) is 0.417. The minimum absolute atomic E-state index is 0.1000. The minimum Gasteiger partial charge on any atom is -0.508 e. The third-order valence-corrected chi connectivity index (χ3v) is 7.09. The zero-order valence-electron chi connectivity index (χ0n) is 18.4. The zero-order chi connectivity index (χ0) is 22.8. The maximum absolute atomic E-state index is 12.9. The summed E-state index contributed by atoms with van der Waals surface area (Å²) in [5.41, 5.74) is 4.17. The second kappa shape index (κ2) is 9.22. The molecule has 0 saturated carbocycles. The number of benzene rings is 2. The summed E-state index contributed by atoms with van der Waals surface area (Å²) in [4.78, 5) is 27.3. The minimum atomic E-state index is -0.887. The van der Waals surface area contributed by atoms with E-state index in [9.17, 15) is 19.8 Å². The first-order valence-corrected chi connectivity index (χ1v) is 11.3. The van der Waals surface area contributed by atoms with Crippen molar-refractivity contribution in [3.05, 3.63) is 53.1 Å². The summed E-state index contributed by atoms with van der Waals surface area (Å²) in [6.07, 6.45) is 2.49. The summed E-state index contributed by atoms with van der Waals surface area (Å²) in [6.45, 7) is 8.04. The van der Waals surface area contributed by atoms with Crippen molar-refractivity contribution < 1.29 is 19.8 Å². The average Bonchev–Trinajstić information content (AvgIpc) is 2.70. The van der Waals surface area contributed by atoms with Gasteiger partial charge in [-0.25, -0.2) is 4.79 Å². The van der Waals surface area contributed by atoms with Gasteiger partial charge in [-0.15, -0.1) is 11.8 Å². The molecule has 1 atom stereocenters. The predicted molar refractivity (Wildman–Crippen MR) is 124 cm³/mol. The van der Waals surface area contributed by atoms with Crippen LogP contribution in [0, 0.1) is 6.92 Å². The highest BCUT2D eigenvalue weighted by Crippen LogP contribution is 2.38. The van der Waals surface area contributed by atoms with E-state index in [4.69, 9.17) is 0 Å². The molecular formula is C24H30N2O4S. The Morgan fingerprint density at radius 1 is 1.19 bits per heavy atom.